The van der Waals surface area contributed by atoms with Crippen LogP contribution in [0.25, 0.3) is 0 Å². The van der Waals surface area contributed by atoms with Crippen molar-refractivity contribution in [1.82, 2.24) is 0 Å². The summed E-state index contributed by atoms with van der Waals surface area (Å²) < 4.78 is 62.4. The van der Waals surface area contributed by atoms with Gasteiger partial charge in [0, 0.05) is 6.04 Å². The van der Waals surface area contributed by atoms with Gasteiger partial charge in [-0.2, -0.15) is 13.2 Å². The fraction of sp³-hybridized carbons (Fsp3) is 0.571. The molecule has 7 heteroatoms. The Hall–Kier alpha value is -1.08. The molecule has 1 aliphatic carbocycles. The van der Waals surface area contributed by atoms with Gasteiger partial charge in [0.05, 0.1) is 15.2 Å². The largest absolute Gasteiger partial charge is 0.416 e. The molecule has 1 aromatic carbocycles. The highest BCUT2D eigenvalue weighted by atomic mass is 32.2. The van der Waals surface area contributed by atoms with E-state index in [-0.39, 0.29) is 16.9 Å². The van der Waals surface area contributed by atoms with Gasteiger partial charge in [-0.3, -0.25) is 0 Å². The smallest absolute Gasteiger partial charge is 0.328 e. The summed E-state index contributed by atoms with van der Waals surface area (Å²) in [6.07, 6.45) is -3.41. The van der Waals surface area contributed by atoms with Crippen LogP contribution in [0, 0.1) is 5.92 Å². The molecule has 118 valence electrons. The first-order chi connectivity index (χ1) is 9.46. The number of hydrogen-bond donors (Lipinski definition) is 1. The van der Waals surface area contributed by atoms with Gasteiger partial charge in [0.15, 0.2) is 9.84 Å². The Labute approximate surface area is 122 Å². The van der Waals surface area contributed by atoms with E-state index >= 15 is 0 Å². The summed E-state index contributed by atoms with van der Waals surface area (Å²) in [5.41, 5.74) is 4.73. The van der Waals surface area contributed by atoms with Gasteiger partial charge in [-0.15, -0.1) is 0 Å². The van der Waals surface area contributed by atoms with Crippen LogP contribution >= 0.6 is 0 Å². The average molecular weight is 321 g/mol. The maximum absolute atomic E-state index is 12.7. The first-order valence-electron chi connectivity index (χ1n) is 6.63. The van der Waals surface area contributed by atoms with Crippen molar-refractivity contribution in [2.45, 2.75) is 48.5 Å². The molecule has 0 radical (unpaired) electrons. The molecule has 0 atom stereocenters. The second-order valence-electron chi connectivity index (χ2n) is 6.06. The number of hydrogen-bond acceptors (Lipinski definition) is 3. The van der Waals surface area contributed by atoms with Crippen LogP contribution in [-0.2, 0) is 16.0 Å². The SMILES string of the molecule is CC(C)([C@H]1C[C@H](N)C1)S(=O)(=O)c1cccc(C(F)(F)F)c1. The van der Waals surface area contributed by atoms with Crippen LogP contribution < -0.4 is 5.73 Å². The van der Waals surface area contributed by atoms with Crippen LogP contribution in [0.5, 0.6) is 0 Å². The minimum atomic E-state index is -4.56. The molecule has 1 aromatic rings. The normalized spacial score (nSPS) is 23.7. The highest BCUT2D eigenvalue weighted by Gasteiger charge is 2.48. The lowest BCUT2D eigenvalue weighted by Crippen LogP contribution is -2.50. The fourth-order valence-electron chi connectivity index (χ4n) is 2.59. The maximum Gasteiger partial charge on any atom is 0.416 e. The Balaban J connectivity index is 2.40. The van der Waals surface area contributed by atoms with Crippen LogP contribution in [0.2, 0.25) is 0 Å². The highest BCUT2D eigenvalue weighted by molar-refractivity contribution is 7.92. The summed E-state index contributed by atoms with van der Waals surface area (Å²) >= 11 is 0. The Morgan fingerprint density at radius 1 is 1.19 bits per heavy atom. The third kappa shape index (κ3) is 2.81. The first-order valence-corrected chi connectivity index (χ1v) is 8.12. The lowest BCUT2D eigenvalue weighted by Gasteiger charge is -2.43. The van der Waals surface area contributed by atoms with Crippen molar-refractivity contribution in [3.05, 3.63) is 29.8 Å². The fourth-order valence-corrected chi connectivity index (χ4v) is 4.37. The first kappa shape index (κ1) is 16.3. The van der Waals surface area contributed by atoms with E-state index in [1.165, 1.54) is 6.07 Å². The monoisotopic (exact) mass is 321 g/mol. The van der Waals surface area contributed by atoms with Gasteiger partial charge >= 0.3 is 6.18 Å². The number of sulfone groups is 1. The predicted octanol–water partition coefficient (Wildman–Crippen LogP) is 3.00. The van der Waals surface area contributed by atoms with E-state index in [2.05, 4.69) is 0 Å². The molecule has 0 amide bonds. The second kappa shape index (κ2) is 4.98. The van der Waals surface area contributed by atoms with Crippen LogP contribution in [0.4, 0.5) is 13.2 Å². The van der Waals surface area contributed by atoms with E-state index in [0.717, 1.165) is 12.1 Å². The van der Waals surface area contributed by atoms with Crippen molar-refractivity contribution in [3.8, 4) is 0 Å². The Bertz CT molecular complexity index is 632. The van der Waals surface area contributed by atoms with Crippen molar-refractivity contribution >= 4 is 9.84 Å². The summed E-state index contributed by atoms with van der Waals surface area (Å²) in [7, 11) is -3.86. The molecule has 1 aliphatic rings. The molecule has 2 N–H and O–H groups in total. The molecule has 0 bridgehead atoms. The lowest BCUT2D eigenvalue weighted by atomic mass is 9.73. The van der Waals surface area contributed by atoms with E-state index in [0.29, 0.717) is 18.9 Å². The van der Waals surface area contributed by atoms with Gasteiger partial charge in [-0.25, -0.2) is 8.42 Å². The molecular weight excluding hydrogens is 303 g/mol. The van der Waals surface area contributed by atoms with Crippen molar-refractivity contribution in [3.63, 3.8) is 0 Å². The average Bonchev–Trinajstić information content (AvgIpc) is 2.34. The Morgan fingerprint density at radius 3 is 2.24 bits per heavy atom. The zero-order chi connectivity index (χ0) is 16.1. The van der Waals surface area contributed by atoms with Crippen molar-refractivity contribution in [2.75, 3.05) is 0 Å². The van der Waals surface area contributed by atoms with Crippen LogP contribution in [0.15, 0.2) is 29.2 Å². The number of halogens is 3. The number of nitrogens with two attached hydrogens (primary N) is 1. The number of alkyl halides is 3. The standard InChI is InChI=1S/C14H18F3NO2S/c1-13(2,10-6-11(18)7-10)21(19,20)12-5-3-4-9(8-12)14(15,16)17/h3-5,8,10-11H,6-7,18H2,1-2H3/t10-,11-. The van der Waals surface area contributed by atoms with Crippen molar-refractivity contribution < 1.29 is 21.6 Å². The van der Waals surface area contributed by atoms with Crippen LogP contribution in [0.1, 0.15) is 32.3 Å². The zero-order valence-corrected chi connectivity index (χ0v) is 12.6. The minimum absolute atomic E-state index is 0.0222. The number of benzene rings is 1. The molecule has 0 saturated heterocycles. The lowest BCUT2D eigenvalue weighted by molar-refractivity contribution is -0.137. The van der Waals surface area contributed by atoms with E-state index in [1.54, 1.807) is 13.8 Å². The molecule has 21 heavy (non-hydrogen) atoms. The van der Waals surface area contributed by atoms with E-state index in [1.807, 2.05) is 0 Å². The van der Waals surface area contributed by atoms with Gasteiger partial charge in [-0.1, -0.05) is 6.07 Å². The minimum Gasteiger partial charge on any atom is -0.328 e. The zero-order valence-electron chi connectivity index (χ0n) is 11.8. The third-order valence-electron chi connectivity index (χ3n) is 4.32. The van der Waals surface area contributed by atoms with Gasteiger partial charge < -0.3 is 5.73 Å². The summed E-state index contributed by atoms with van der Waals surface area (Å²) in [5, 5.41) is 0. The number of rotatable bonds is 3. The summed E-state index contributed by atoms with van der Waals surface area (Å²) in [4.78, 5) is -0.289. The van der Waals surface area contributed by atoms with E-state index in [4.69, 9.17) is 5.73 Å². The molecule has 3 nitrogen and oxygen atoms in total. The van der Waals surface area contributed by atoms with Gasteiger partial charge in [-0.05, 0) is 50.8 Å². The predicted molar refractivity (Wildman–Crippen MR) is 73.4 cm³/mol. The van der Waals surface area contributed by atoms with Gasteiger partial charge in [0.1, 0.15) is 0 Å². The summed E-state index contributed by atoms with van der Waals surface area (Å²) in [6, 6.07) is 3.88. The molecule has 0 aromatic heterocycles. The summed E-state index contributed by atoms with van der Waals surface area (Å²) in [5.74, 6) is -0.132. The topological polar surface area (TPSA) is 60.2 Å². The van der Waals surface area contributed by atoms with Crippen LogP contribution in [0.3, 0.4) is 0 Å². The Kier molecular flexibility index (Phi) is 3.87. The van der Waals surface area contributed by atoms with E-state index in [9.17, 15) is 21.6 Å². The molecule has 1 saturated carbocycles. The van der Waals surface area contributed by atoms with Crippen LogP contribution in [-0.4, -0.2) is 19.2 Å². The summed E-state index contributed by atoms with van der Waals surface area (Å²) in [6.45, 7) is 3.11. The molecule has 0 heterocycles. The highest BCUT2D eigenvalue weighted by Crippen LogP contribution is 2.43. The van der Waals surface area contributed by atoms with Gasteiger partial charge in [0.2, 0.25) is 0 Å². The quantitative estimate of drug-likeness (QED) is 0.931. The molecule has 0 unspecified atom stereocenters. The third-order valence-corrected chi connectivity index (χ3v) is 6.92. The van der Waals surface area contributed by atoms with Gasteiger partial charge in [0.25, 0.3) is 0 Å². The molecule has 0 aliphatic heterocycles. The van der Waals surface area contributed by atoms with Crippen molar-refractivity contribution in [1.29, 1.82) is 0 Å². The molecule has 0 spiro atoms. The van der Waals surface area contributed by atoms with E-state index < -0.39 is 26.3 Å². The van der Waals surface area contributed by atoms with Crippen molar-refractivity contribution in [2.24, 2.45) is 11.7 Å². The second-order valence-corrected chi connectivity index (χ2v) is 8.59. The maximum atomic E-state index is 12.7. The molecule has 1 fully saturated rings. The molecule has 2 rings (SSSR count). The Morgan fingerprint density at radius 2 is 1.76 bits per heavy atom. The molecular formula is C14H18F3NO2S.